The number of nitrogens with zero attached hydrogens (tertiary/aromatic N) is 3. The SMILES string of the molecule is COc1cc2c(Oc3cc4cccnc4nc3C)ccnc2cc1OCCCO. The Balaban J connectivity index is 1.73. The highest BCUT2D eigenvalue weighted by molar-refractivity contribution is 5.88. The lowest BCUT2D eigenvalue weighted by Crippen LogP contribution is -2.02. The van der Waals surface area contributed by atoms with Gasteiger partial charge >= 0.3 is 0 Å². The van der Waals surface area contributed by atoms with Gasteiger partial charge in [0.05, 0.1) is 24.9 Å². The molecule has 3 heterocycles. The first-order valence-electron chi connectivity index (χ1n) is 9.30. The van der Waals surface area contributed by atoms with Crippen LogP contribution in [0.25, 0.3) is 21.9 Å². The normalized spacial score (nSPS) is 11.0. The molecule has 1 N–H and O–H groups in total. The molecule has 0 amide bonds. The number of aliphatic hydroxyl groups excluding tert-OH is 1. The van der Waals surface area contributed by atoms with Gasteiger partial charge in [0.25, 0.3) is 0 Å². The Hall–Kier alpha value is -3.45. The number of ether oxygens (including phenoxy) is 3. The van der Waals surface area contributed by atoms with Gasteiger partial charge in [-0.25, -0.2) is 9.97 Å². The van der Waals surface area contributed by atoms with Crippen molar-refractivity contribution in [1.82, 2.24) is 15.0 Å². The zero-order valence-electron chi connectivity index (χ0n) is 16.3. The Morgan fingerprint density at radius 2 is 1.86 bits per heavy atom. The first kappa shape index (κ1) is 18.9. The molecule has 0 bridgehead atoms. The van der Waals surface area contributed by atoms with Crippen molar-refractivity contribution in [3.05, 3.63) is 54.5 Å². The van der Waals surface area contributed by atoms with Crippen molar-refractivity contribution < 1.29 is 19.3 Å². The van der Waals surface area contributed by atoms with E-state index in [4.69, 9.17) is 19.3 Å². The molecule has 0 fully saturated rings. The van der Waals surface area contributed by atoms with E-state index in [0.717, 1.165) is 22.0 Å². The quantitative estimate of drug-likeness (QED) is 0.476. The van der Waals surface area contributed by atoms with Gasteiger partial charge in [-0.1, -0.05) is 0 Å². The summed E-state index contributed by atoms with van der Waals surface area (Å²) in [5, 5.41) is 10.7. The van der Waals surface area contributed by atoms with E-state index in [1.807, 2.05) is 37.3 Å². The molecule has 0 spiro atoms. The minimum atomic E-state index is 0.0702. The van der Waals surface area contributed by atoms with Crippen LogP contribution in [0.3, 0.4) is 0 Å². The summed E-state index contributed by atoms with van der Waals surface area (Å²) < 4.78 is 17.4. The summed E-state index contributed by atoms with van der Waals surface area (Å²) in [6, 6.07) is 11.2. The maximum absolute atomic E-state index is 8.96. The molecule has 0 saturated carbocycles. The fourth-order valence-corrected chi connectivity index (χ4v) is 3.03. The number of hydrogen-bond donors (Lipinski definition) is 1. The second-order valence-corrected chi connectivity index (χ2v) is 6.48. The fourth-order valence-electron chi connectivity index (χ4n) is 3.03. The van der Waals surface area contributed by atoms with Crippen LogP contribution in [0.5, 0.6) is 23.0 Å². The Bertz CT molecular complexity index is 1160. The highest BCUT2D eigenvalue weighted by atomic mass is 16.5. The third kappa shape index (κ3) is 3.90. The van der Waals surface area contributed by atoms with Crippen molar-refractivity contribution in [2.75, 3.05) is 20.3 Å². The Morgan fingerprint density at radius 1 is 0.966 bits per heavy atom. The maximum Gasteiger partial charge on any atom is 0.163 e. The number of fused-ring (bicyclic) bond motifs is 2. The molecule has 0 radical (unpaired) electrons. The summed E-state index contributed by atoms with van der Waals surface area (Å²) in [5.41, 5.74) is 2.15. The largest absolute Gasteiger partial charge is 0.493 e. The van der Waals surface area contributed by atoms with Gasteiger partial charge in [-0.2, -0.15) is 0 Å². The Kier molecular flexibility index (Phi) is 5.39. The Morgan fingerprint density at radius 3 is 2.69 bits per heavy atom. The molecule has 4 rings (SSSR count). The number of rotatable bonds is 7. The summed E-state index contributed by atoms with van der Waals surface area (Å²) in [5.74, 6) is 2.45. The van der Waals surface area contributed by atoms with Gasteiger partial charge in [-0.05, 0) is 37.3 Å². The molecule has 0 unspecified atom stereocenters. The molecule has 0 aliphatic heterocycles. The maximum atomic E-state index is 8.96. The van der Waals surface area contributed by atoms with Gasteiger partial charge in [0.2, 0.25) is 0 Å². The van der Waals surface area contributed by atoms with Crippen molar-refractivity contribution >= 4 is 21.9 Å². The zero-order chi connectivity index (χ0) is 20.2. The molecule has 0 atom stereocenters. The van der Waals surface area contributed by atoms with Crippen molar-refractivity contribution in [2.45, 2.75) is 13.3 Å². The van der Waals surface area contributed by atoms with E-state index in [-0.39, 0.29) is 6.61 Å². The molecule has 0 aliphatic carbocycles. The lowest BCUT2D eigenvalue weighted by Gasteiger charge is -2.14. The first-order valence-corrected chi connectivity index (χ1v) is 9.30. The average molecular weight is 391 g/mol. The molecule has 1 aromatic carbocycles. The second-order valence-electron chi connectivity index (χ2n) is 6.48. The predicted molar refractivity (Wildman–Crippen MR) is 110 cm³/mol. The summed E-state index contributed by atoms with van der Waals surface area (Å²) in [7, 11) is 1.58. The molecule has 0 aliphatic rings. The number of pyridine rings is 3. The van der Waals surface area contributed by atoms with Crippen LogP contribution in [-0.2, 0) is 0 Å². The summed E-state index contributed by atoms with van der Waals surface area (Å²) in [4.78, 5) is 13.2. The van der Waals surface area contributed by atoms with Crippen molar-refractivity contribution in [3.63, 3.8) is 0 Å². The zero-order valence-corrected chi connectivity index (χ0v) is 16.3. The van der Waals surface area contributed by atoms with Crippen LogP contribution < -0.4 is 14.2 Å². The molecule has 7 nitrogen and oxygen atoms in total. The van der Waals surface area contributed by atoms with E-state index in [0.29, 0.717) is 41.7 Å². The fraction of sp³-hybridized carbons (Fsp3) is 0.227. The van der Waals surface area contributed by atoms with Crippen LogP contribution in [0.2, 0.25) is 0 Å². The average Bonchev–Trinajstić information content (AvgIpc) is 2.74. The second kappa shape index (κ2) is 8.28. The van der Waals surface area contributed by atoms with E-state index in [1.54, 1.807) is 25.6 Å². The molecule has 0 saturated heterocycles. The smallest absolute Gasteiger partial charge is 0.163 e. The van der Waals surface area contributed by atoms with Gasteiger partial charge in [0.15, 0.2) is 17.1 Å². The van der Waals surface area contributed by atoms with Crippen LogP contribution in [0.1, 0.15) is 12.1 Å². The van der Waals surface area contributed by atoms with Gasteiger partial charge in [0.1, 0.15) is 11.5 Å². The van der Waals surface area contributed by atoms with Crippen molar-refractivity contribution in [1.29, 1.82) is 0 Å². The van der Waals surface area contributed by atoms with Gasteiger partial charge < -0.3 is 19.3 Å². The van der Waals surface area contributed by atoms with E-state index in [2.05, 4.69) is 15.0 Å². The predicted octanol–water partition coefficient (Wildman–Crippen LogP) is 4.05. The third-order valence-corrected chi connectivity index (χ3v) is 4.50. The lowest BCUT2D eigenvalue weighted by molar-refractivity contribution is 0.228. The van der Waals surface area contributed by atoms with E-state index in [1.165, 1.54) is 0 Å². The van der Waals surface area contributed by atoms with Crippen LogP contribution in [0.15, 0.2) is 48.8 Å². The number of aliphatic hydroxyl groups is 1. The van der Waals surface area contributed by atoms with E-state index >= 15 is 0 Å². The highest BCUT2D eigenvalue weighted by Crippen LogP contribution is 2.37. The van der Waals surface area contributed by atoms with Gasteiger partial charge in [-0.3, -0.25) is 4.98 Å². The van der Waals surface area contributed by atoms with Crippen LogP contribution in [-0.4, -0.2) is 40.4 Å². The van der Waals surface area contributed by atoms with Crippen molar-refractivity contribution in [2.24, 2.45) is 0 Å². The molecule has 7 heteroatoms. The highest BCUT2D eigenvalue weighted by Gasteiger charge is 2.13. The molecular weight excluding hydrogens is 370 g/mol. The molecular formula is C22H21N3O4. The molecule has 3 aromatic heterocycles. The molecule has 4 aromatic rings. The number of methoxy groups -OCH3 is 1. The van der Waals surface area contributed by atoms with Gasteiger partial charge in [-0.15, -0.1) is 0 Å². The topological polar surface area (TPSA) is 86.6 Å². The minimum absolute atomic E-state index is 0.0702. The summed E-state index contributed by atoms with van der Waals surface area (Å²) in [6.07, 6.45) is 3.95. The summed E-state index contributed by atoms with van der Waals surface area (Å²) in [6.45, 7) is 2.35. The Labute approximate surface area is 167 Å². The van der Waals surface area contributed by atoms with Gasteiger partial charge in [0, 0.05) is 42.3 Å². The molecule has 148 valence electrons. The summed E-state index contributed by atoms with van der Waals surface area (Å²) >= 11 is 0. The number of benzene rings is 1. The van der Waals surface area contributed by atoms with Crippen LogP contribution in [0, 0.1) is 6.92 Å². The third-order valence-electron chi connectivity index (χ3n) is 4.50. The lowest BCUT2D eigenvalue weighted by atomic mass is 10.1. The number of aromatic nitrogens is 3. The van der Waals surface area contributed by atoms with E-state index in [9.17, 15) is 0 Å². The van der Waals surface area contributed by atoms with Crippen LogP contribution in [0.4, 0.5) is 0 Å². The number of aryl methyl sites for hydroxylation is 1. The van der Waals surface area contributed by atoms with Crippen LogP contribution >= 0.6 is 0 Å². The monoisotopic (exact) mass is 391 g/mol. The first-order chi connectivity index (χ1) is 14.2. The van der Waals surface area contributed by atoms with E-state index < -0.39 is 0 Å². The van der Waals surface area contributed by atoms with Crippen molar-refractivity contribution in [3.8, 4) is 23.0 Å². The number of hydrogen-bond acceptors (Lipinski definition) is 7. The minimum Gasteiger partial charge on any atom is -0.493 e. The molecule has 29 heavy (non-hydrogen) atoms. The standard InChI is InChI=1S/C22H21N3O4/c1-14-19(11-15-5-3-7-24-22(15)25-14)29-18-6-8-23-17-13-21(28-10-4-9-26)20(27-2)12-16(17)18/h3,5-8,11-13,26H,4,9-10H2,1-2H3.